The van der Waals surface area contributed by atoms with Gasteiger partial charge in [0.05, 0.1) is 6.61 Å². The number of hydrogen-bond donors (Lipinski definition) is 1. The summed E-state index contributed by atoms with van der Waals surface area (Å²) in [6.07, 6.45) is 11.1. The number of hydrogen-bond acceptors (Lipinski definition) is 2. The van der Waals surface area contributed by atoms with Gasteiger partial charge >= 0.3 is 0 Å². The third kappa shape index (κ3) is 12.2. The van der Waals surface area contributed by atoms with E-state index in [1.54, 1.807) is 0 Å². The van der Waals surface area contributed by atoms with Crippen LogP contribution in [-0.4, -0.2) is 22.7 Å². The highest BCUT2D eigenvalue weighted by Crippen LogP contribution is 2.14. The van der Waals surface area contributed by atoms with Crippen molar-refractivity contribution in [2.24, 2.45) is 0 Å². The highest BCUT2D eigenvalue weighted by atomic mass is 32.2. The molecule has 0 aliphatic rings. The number of aliphatic hydroxyl groups excluding tert-OH is 1. The van der Waals surface area contributed by atoms with E-state index in [-0.39, 0.29) is 0 Å². The molecule has 1 N–H and O–H groups in total. The molecule has 0 spiro atoms. The van der Waals surface area contributed by atoms with Crippen molar-refractivity contribution in [1.82, 2.24) is 0 Å². The maximum Gasteiger partial charge on any atom is 0.0547 e. The Morgan fingerprint density at radius 3 is 2.00 bits per heavy atom. The molecule has 0 bridgehead atoms. The minimum absolute atomic E-state index is 0.321. The summed E-state index contributed by atoms with van der Waals surface area (Å²) >= 11 is 1.90. The Morgan fingerprint density at radius 1 is 0.933 bits per heavy atom. The molecular formula is C13H28OS. The van der Waals surface area contributed by atoms with E-state index in [0.717, 1.165) is 0 Å². The molecule has 1 unspecified atom stereocenters. The van der Waals surface area contributed by atoms with Crippen LogP contribution in [0.2, 0.25) is 0 Å². The van der Waals surface area contributed by atoms with Crippen LogP contribution in [0.4, 0.5) is 0 Å². The van der Waals surface area contributed by atoms with Gasteiger partial charge < -0.3 is 5.11 Å². The molecule has 0 aromatic heterocycles. The maximum atomic E-state index is 8.84. The molecule has 0 fully saturated rings. The van der Waals surface area contributed by atoms with Crippen LogP contribution < -0.4 is 0 Å². The Hall–Kier alpha value is 0.310. The fourth-order valence-electron chi connectivity index (χ4n) is 1.57. The molecule has 0 aliphatic heterocycles. The topological polar surface area (TPSA) is 20.2 Å². The molecule has 15 heavy (non-hydrogen) atoms. The minimum Gasteiger partial charge on any atom is -0.395 e. The molecule has 1 atom stereocenters. The van der Waals surface area contributed by atoms with E-state index in [2.05, 4.69) is 13.8 Å². The summed E-state index contributed by atoms with van der Waals surface area (Å²) in [5.74, 6) is 1.22. The summed E-state index contributed by atoms with van der Waals surface area (Å²) in [5, 5.41) is 9.26. The predicted octanol–water partition coefficient (Wildman–Crippen LogP) is 4.24. The van der Waals surface area contributed by atoms with E-state index in [4.69, 9.17) is 5.11 Å². The lowest BCUT2D eigenvalue weighted by molar-refractivity contribution is 0.300. The molecule has 2 heteroatoms. The second-order valence-electron chi connectivity index (χ2n) is 4.34. The molecule has 1 nitrogen and oxygen atoms in total. The molecule has 0 aromatic rings. The molecule has 0 saturated carbocycles. The van der Waals surface area contributed by atoms with Gasteiger partial charge in [-0.3, -0.25) is 0 Å². The van der Waals surface area contributed by atoms with Gasteiger partial charge in [0.2, 0.25) is 0 Å². The summed E-state index contributed by atoms with van der Waals surface area (Å²) < 4.78 is 0. The van der Waals surface area contributed by atoms with Crippen molar-refractivity contribution in [3.8, 4) is 0 Å². The fraction of sp³-hybridized carbons (Fsp3) is 1.00. The summed E-state index contributed by atoms with van der Waals surface area (Å²) in [4.78, 5) is 0. The summed E-state index contributed by atoms with van der Waals surface area (Å²) in [6, 6.07) is 0. The number of aliphatic hydroxyl groups is 1. The fourth-order valence-corrected chi connectivity index (χ4v) is 2.45. The average molecular weight is 232 g/mol. The molecule has 0 aliphatic carbocycles. The largest absolute Gasteiger partial charge is 0.395 e. The number of thioether (sulfide) groups is 1. The van der Waals surface area contributed by atoms with Gasteiger partial charge in [-0.2, -0.15) is 11.8 Å². The van der Waals surface area contributed by atoms with Gasteiger partial charge in [0.25, 0.3) is 0 Å². The lowest BCUT2D eigenvalue weighted by Gasteiger charge is -2.06. The maximum absolute atomic E-state index is 8.84. The van der Waals surface area contributed by atoms with Gasteiger partial charge in [-0.25, -0.2) is 0 Å². The Bertz CT molecular complexity index is 117. The highest BCUT2D eigenvalue weighted by Gasteiger charge is 1.98. The molecule has 0 aromatic carbocycles. The Balaban J connectivity index is 2.92. The first-order chi connectivity index (χ1) is 7.31. The molecule has 0 heterocycles. The monoisotopic (exact) mass is 232 g/mol. The van der Waals surface area contributed by atoms with Crippen molar-refractivity contribution in [2.75, 3.05) is 12.4 Å². The van der Waals surface area contributed by atoms with Crippen LogP contribution in [0.25, 0.3) is 0 Å². The van der Waals surface area contributed by atoms with Crippen molar-refractivity contribution in [3.63, 3.8) is 0 Å². The van der Waals surface area contributed by atoms with Crippen molar-refractivity contribution < 1.29 is 5.11 Å². The average Bonchev–Trinajstić information content (AvgIpc) is 2.26. The SMILES string of the molecule is CCCCCCCCCCSC(C)CO. The lowest BCUT2D eigenvalue weighted by atomic mass is 10.1. The van der Waals surface area contributed by atoms with Crippen molar-refractivity contribution in [1.29, 1.82) is 0 Å². The minimum atomic E-state index is 0.321. The Kier molecular flexibility index (Phi) is 12.6. The van der Waals surface area contributed by atoms with Crippen LogP contribution in [0.5, 0.6) is 0 Å². The first-order valence-electron chi connectivity index (χ1n) is 6.53. The normalized spacial score (nSPS) is 13.0. The number of unbranched alkanes of at least 4 members (excludes halogenated alkanes) is 7. The van der Waals surface area contributed by atoms with Gasteiger partial charge in [0, 0.05) is 5.25 Å². The third-order valence-electron chi connectivity index (χ3n) is 2.66. The van der Waals surface area contributed by atoms with Gasteiger partial charge in [0.1, 0.15) is 0 Å². The Labute approximate surface area is 100 Å². The van der Waals surface area contributed by atoms with Crippen LogP contribution in [0.15, 0.2) is 0 Å². The van der Waals surface area contributed by atoms with E-state index in [9.17, 15) is 0 Å². The zero-order valence-electron chi connectivity index (χ0n) is 10.5. The van der Waals surface area contributed by atoms with Crippen LogP contribution in [0.1, 0.15) is 65.2 Å². The van der Waals surface area contributed by atoms with E-state index in [1.807, 2.05) is 11.8 Å². The highest BCUT2D eigenvalue weighted by molar-refractivity contribution is 7.99. The van der Waals surface area contributed by atoms with Gasteiger partial charge in [0.15, 0.2) is 0 Å². The quantitative estimate of drug-likeness (QED) is 0.538. The summed E-state index contributed by atoms with van der Waals surface area (Å²) in [7, 11) is 0. The van der Waals surface area contributed by atoms with Gasteiger partial charge in [-0.15, -0.1) is 0 Å². The van der Waals surface area contributed by atoms with Crippen molar-refractivity contribution in [3.05, 3.63) is 0 Å². The Morgan fingerprint density at radius 2 is 1.47 bits per heavy atom. The third-order valence-corrected chi connectivity index (χ3v) is 3.90. The van der Waals surface area contributed by atoms with E-state index >= 15 is 0 Å². The molecule has 0 radical (unpaired) electrons. The summed E-state index contributed by atoms with van der Waals surface area (Å²) in [5.41, 5.74) is 0. The zero-order valence-corrected chi connectivity index (χ0v) is 11.3. The molecule has 0 amide bonds. The van der Waals surface area contributed by atoms with Gasteiger partial charge in [-0.05, 0) is 12.2 Å². The van der Waals surface area contributed by atoms with E-state index in [1.165, 1.54) is 57.1 Å². The predicted molar refractivity (Wildman–Crippen MR) is 71.6 cm³/mol. The van der Waals surface area contributed by atoms with Crippen LogP contribution >= 0.6 is 11.8 Å². The second kappa shape index (κ2) is 12.4. The van der Waals surface area contributed by atoms with Crippen LogP contribution in [0, 0.1) is 0 Å². The molecule has 0 rings (SSSR count). The first-order valence-corrected chi connectivity index (χ1v) is 7.58. The second-order valence-corrected chi connectivity index (χ2v) is 5.89. The molecule has 92 valence electrons. The van der Waals surface area contributed by atoms with Crippen LogP contribution in [-0.2, 0) is 0 Å². The van der Waals surface area contributed by atoms with Crippen LogP contribution in [0.3, 0.4) is 0 Å². The smallest absolute Gasteiger partial charge is 0.0547 e. The lowest BCUT2D eigenvalue weighted by Crippen LogP contribution is -2.02. The van der Waals surface area contributed by atoms with E-state index < -0.39 is 0 Å². The molecular weight excluding hydrogens is 204 g/mol. The molecule has 0 saturated heterocycles. The van der Waals surface area contributed by atoms with Crippen molar-refractivity contribution >= 4 is 11.8 Å². The number of rotatable bonds is 11. The van der Waals surface area contributed by atoms with Crippen molar-refractivity contribution in [2.45, 2.75) is 70.5 Å². The zero-order chi connectivity index (χ0) is 11.4. The first kappa shape index (κ1) is 15.3. The standard InChI is InChI=1S/C13H28OS/c1-3-4-5-6-7-8-9-10-11-15-13(2)12-14/h13-14H,3-12H2,1-2H3. The summed E-state index contributed by atoms with van der Waals surface area (Å²) in [6.45, 7) is 4.68. The van der Waals surface area contributed by atoms with E-state index in [0.29, 0.717) is 11.9 Å². The van der Waals surface area contributed by atoms with Gasteiger partial charge in [-0.1, -0.05) is 58.8 Å².